The summed E-state index contributed by atoms with van der Waals surface area (Å²) in [4.78, 5) is 14.9. The minimum absolute atomic E-state index is 0.153. The third kappa shape index (κ3) is 4.98. The molecule has 0 spiro atoms. The van der Waals surface area contributed by atoms with Gasteiger partial charge in [0.1, 0.15) is 0 Å². The van der Waals surface area contributed by atoms with Gasteiger partial charge in [0.25, 0.3) is 0 Å². The molecule has 0 amide bonds. The fourth-order valence-electron chi connectivity index (χ4n) is 1.89. The average Bonchev–Trinajstić information content (AvgIpc) is 2.52. The number of aliphatic carboxylic acids is 1. The van der Waals surface area contributed by atoms with Crippen molar-refractivity contribution in [2.75, 3.05) is 6.61 Å². The number of hydrogen-bond donors (Lipinski definition) is 1. The van der Waals surface area contributed by atoms with Crippen LogP contribution in [0.2, 0.25) is 10.0 Å². The number of nitrogens with zero attached hydrogens (tertiary/aromatic N) is 1. The Hall–Kier alpha value is -2.04. The fraction of sp³-hybridized carbons (Fsp3) is 0.176. The van der Waals surface area contributed by atoms with E-state index in [0.717, 1.165) is 12.1 Å². The lowest BCUT2D eigenvalue weighted by molar-refractivity contribution is -0.139. The Morgan fingerprint density at radius 2 is 1.83 bits per heavy atom. The molecule has 0 aliphatic rings. The number of aliphatic imine (C=N–C) groups is 1. The van der Waals surface area contributed by atoms with Gasteiger partial charge in [0, 0.05) is 6.21 Å². The number of carboxylic acids is 1. The van der Waals surface area contributed by atoms with Gasteiger partial charge in [-0.3, -0.25) is 4.99 Å². The molecule has 23 heavy (non-hydrogen) atoms. The summed E-state index contributed by atoms with van der Waals surface area (Å²) in [5.74, 6) is -0.946. The molecular weight excluding hydrogens is 337 g/mol. The van der Waals surface area contributed by atoms with Crippen LogP contribution in [0.5, 0.6) is 5.75 Å². The Bertz CT molecular complexity index is 704. The summed E-state index contributed by atoms with van der Waals surface area (Å²) in [6.45, 7) is 1.59. The molecule has 2 aromatic carbocycles. The number of benzene rings is 2. The highest BCUT2D eigenvalue weighted by atomic mass is 35.5. The number of halogens is 2. The number of hydrogen-bond acceptors (Lipinski definition) is 3. The van der Waals surface area contributed by atoms with Crippen molar-refractivity contribution < 1.29 is 14.6 Å². The van der Waals surface area contributed by atoms with Crippen molar-refractivity contribution in [3.8, 4) is 5.75 Å². The van der Waals surface area contributed by atoms with Crippen molar-refractivity contribution in [1.29, 1.82) is 0 Å². The number of rotatable bonds is 6. The highest BCUT2D eigenvalue weighted by Gasteiger charge is 2.10. The molecule has 0 aliphatic carbocycles. The Labute approximate surface area is 144 Å². The molecule has 2 rings (SSSR count). The third-order valence-corrected chi connectivity index (χ3v) is 3.63. The van der Waals surface area contributed by atoms with Crippen molar-refractivity contribution in [2.45, 2.75) is 13.3 Å². The summed E-state index contributed by atoms with van der Waals surface area (Å²) in [7, 11) is 0. The molecule has 1 N–H and O–H groups in total. The molecular formula is C17H15Cl2NO3. The topological polar surface area (TPSA) is 58.9 Å². The van der Waals surface area contributed by atoms with Crippen molar-refractivity contribution >= 4 is 41.1 Å². The maximum absolute atomic E-state index is 10.5. The van der Waals surface area contributed by atoms with E-state index < -0.39 is 12.6 Å². The van der Waals surface area contributed by atoms with E-state index in [-0.39, 0.29) is 15.8 Å². The SMILES string of the molecule is CCc1ccc(N=Cc2cc(Cl)c(OCC(=O)O)c(Cl)c2)cc1. The Morgan fingerprint density at radius 3 is 2.35 bits per heavy atom. The quantitative estimate of drug-likeness (QED) is 0.762. The monoisotopic (exact) mass is 351 g/mol. The summed E-state index contributed by atoms with van der Waals surface area (Å²) in [5.41, 5.74) is 2.76. The molecule has 0 unspecified atom stereocenters. The first-order chi connectivity index (χ1) is 11.0. The lowest BCUT2D eigenvalue weighted by Gasteiger charge is -2.08. The van der Waals surface area contributed by atoms with Crippen LogP contribution in [0.25, 0.3) is 0 Å². The molecule has 6 heteroatoms. The second-order valence-corrected chi connectivity index (χ2v) is 5.59. The van der Waals surface area contributed by atoms with Crippen LogP contribution >= 0.6 is 23.2 Å². The molecule has 0 bridgehead atoms. The lowest BCUT2D eigenvalue weighted by atomic mass is 10.1. The first kappa shape index (κ1) is 17.3. The van der Waals surface area contributed by atoms with E-state index in [0.29, 0.717) is 5.56 Å². The maximum atomic E-state index is 10.5. The van der Waals surface area contributed by atoms with Gasteiger partial charge in [-0.15, -0.1) is 0 Å². The van der Waals surface area contributed by atoms with Crippen molar-refractivity contribution in [3.63, 3.8) is 0 Å². The molecule has 120 valence electrons. The number of aryl methyl sites for hydroxylation is 1. The van der Waals surface area contributed by atoms with E-state index in [2.05, 4.69) is 11.9 Å². The molecule has 0 radical (unpaired) electrons. The standard InChI is InChI=1S/C17H15Cl2NO3/c1-2-11-3-5-13(6-4-11)20-9-12-7-14(18)17(15(19)8-12)23-10-16(21)22/h3-9H,2,10H2,1H3,(H,21,22). The first-order valence-electron chi connectivity index (χ1n) is 6.96. The molecule has 2 aromatic rings. The van der Waals surface area contributed by atoms with E-state index in [1.54, 1.807) is 18.3 Å². The summed E-state index contributed by atoms with van der Waals surface area (Å²) in [5, 5.41) is 9.10. The zero-order valence-corrected chi connectivity index (χ0v) is 13.9. The van der Waals surface area contributed by atoms with Crippen LogP contribution in [0, 0.1) is 0 Å². The average molecular weight is 352 g/mol. The second-order valence-electron chi connectivity index (χ2n) is 4.77. The molecule has 0 saturated heterocycles. The molecule has 0 aromatic heterocycles. The van der Waals surface area contributed by atoms with Crippen LogP contribution in [-0.2, 0) is 11.2 Å². The van der Waals surface area contributed by atoms with Gasteiger partial charge < -0.3 is 9.84 Å². The smallest absolute Gasteiger partial charge is 0.341 e. The molecule has 4 nitrogen and oxygen atoms in total. The van der Waals surface area contributed by atoms with Gasteiger partial charge in [0.05, 0.1) is 15.7 Å². The van der Waals surface area contributed by atoms with Crippen LogP contribution in [0.15, 0.2) is 41.4 Å². The highest BCUT2D eigenvalue weighted by molar-refractivity contribution is 6.37. The van der Waals surface area contributed by atoms with Gasteiger partial charge in [-0.25, -0.2) is 4.79 Å². The predicted molar refractivity (Wildman–Crippen MR) is 92.7 cm³/mol. The summed E-state index contributed by atoms with van der Waals surface area (Å²) in [6.07, 6.45) is 2.62. The minimum Gasteiger partial charge on any atom is -0.479 e. The summed E-state index contributed by atoms with van der Waals surface area (Å²) >= 11 is 12.2. The number of ether oxygens (including phenoxy) is 1. The fourth-order valence-corrected chi connectivity index (χ4v) is 2.51. The van der Waals surface area contributed by atoms with Crippen LogP contribution in [0.1, 0.15) is 18.1 Å². The normalized spacial score (nSPS) is 10.9. The predicted octanol–water partition coefficient (Wildman–Crippen LogP) is 4.77. The lowest BCUT2D eigenvalue weighted by Crippen LogP contribution is -2.10. The Balaban J connectivity index is 2.16. The molecule has 0 atom stereocenters. The van der Waals surface area contributed by atoms with Crippen LogP contribution in [0.3, 0.4) is 0 Å². The largest absolute Gasteiger partial charge is 0.479 e. The van der Waals surface area contributed by atoms with Crippen LogP contribution in [-0.4, -0.2) is 23.9 Å². The van der Waals surface area contributed by atoms with E-state index >= 15 is 0 Å². The van der Waals surface area contributed by atoms with E-state index in [1.165, 1.54) is 5.56 Å². The van der Waals surface area contributed by atoms with E-state index in [9.17, 15) is 4.79 Å². The maximum Gasteiger partial charge on any atom is 0.341 e. The minimum atomic E-state index is -1.10. The summed E-state index contributed by atoms with van der Waals surface area (Å²) in [6, 6.07) is 11.2. The second kappa shape index (κ2) is 7.99. The van der Waals surface area contributed by atoms with E-state index in [1.807, 2.05) is 24.3 Å². The Kier molecular flexibility index (Phi) is 6.02. The van der Waals surface area contributed by atoms with Crippen LogP contribution < -0.4 is 4.74 Å². The van der Waals surface area contributed by atoms with Crippen molar-refractivity contribution in [2.24, 2.45) is 4.99 Å². The van der Waals surface area contributed by atoms with Gasteiger partial charge in [0.2, 0.25) is 0 Å². The number of carbonyl (C=O) groups is 1. The van der Waals surface area contributed by atoms with Crippen LogP contribution in [0.4, 0.5) is 5.69 Å². The van der Waals surface area contributed by atoms with Crippen molar-refractivity contribution in [3.05, 3.63) is 57.6 Å². The molecule has 0 aliphatic heterocycles. The Morgan fingerprint density at radius 1 is 1.22 bits per heavy atom. The zero-order chi connectivity index (χ0) is 16.8. The molecule has 0 heterocycles. The molecule has 0 fully saturated rings. The number of carboxylic acid groups (broad SMARTS) is 1. The third-order valence-electron chi connectivity index (χ3n) is 3.07. The summed E-state index contributed by atoms with van der Waals surface area (Å²) < 4.78 is 5.06. The first-order valence-corrected chi connectivity index (χ1v) is 7.72. The van der Waals surface area contributed by atoms with Gasteiger partial charge in [-0.05, 0) is 41.8 Å². The van der Waals surface area contributed by atoms with Gasteiger partial charge >= 0.3 is 5.97 Å². The zero-order valence-electron chi connectivity index (χ0n) is 12.4. The van der Waals surface area contributed by atoms with Gasteiger partial charge in [-0.2, -0.15) is 0 Å². The van der Waals surface area contributed by atoms with Gasteiger partial charge in [-0.1, -0.05) is 42.3 Å². The van der Waals surface area contributed by atoms with E-state index in [4.69, 9.17) is 33.0 Å². The van der Waals surface area contributed by atoms with Crippen molar-refractivity contribution in [1.82, 2.24) is 0 Å². The molecule has 0 saturated carbocycles. The highest BCUT2D eigenvalue weighted by Crippen LogP contribution is 2.34. The van der Waals surface area contributed by atoms with Gasteiger partial charge in [0.15, 0.2) is 12.4 Å².